The van der Waals surface area contributed by atoms with Gasteiger partial charge in [0.15, 0.2) is 5.82 Å². The molecule has 1 N–H and O–H groups in total. The molecular formula is C32H36N4O7. The lowest BCUT2D eigenvalue weighted by molar-refractivity contribution is -0.141. The van der Waals surface area contributed by atoms with Crippen LogP contribution >= 0.6 is 0 Å². The first kappa shape index (κ1) is 28.7. The maximum absolute atomic E-state index is 13.2. The highest BCUT2D eigenvalue weighted by Crippen LogP contribution is 2.44. The van der Waals surface area contributed by atoms with Crippen molar-refractivity contribution in [1.82, 2.24) is 19.9 Å². The summed E-state index contributed by atoms with van der Waals surface area (Å²) in [5.74, 6) is -2.02. The minimum atomic E-state index is -1.04. The fourth-order valence-corrected chi connectivity index (χ4v) is 6.35. The number of amides is 2. The van der Waals surface area contributed by atoms with E-state index < -0.39 is 29.5 Å². The molecule has 3 heterocycles. The predicted molar refractivity (Wildman–Crippen MR) is 155 cm³/mol. The Kier molecular flexibility index (Phi) is 7.57. The highest BCUT2D eigenvalue weighted by Gasteiger charge is 2.45. The van der Waals surface area contributed by atoms with Crippen molar-refractivity contribution in [1.29, 1.82) is 0 Å². The molecule has 1 aromatic heterocycles. The molecule has 3 aromatic rings. The van der Waals surface area contributed by atoms with Crippen LogP contribution in [0.25, 0.3) is 11.1 Å². The first-order valence-corrected chi connectivity index (χ1v) is 14.7. The molecule has 0 unspecified atom stereocenters. The van der Waals surface area contributed by atoms with Gasteiger partial charge in [-0.05, 0) is 55.9 Å². The molecule has 6 rings (SSSR count). The SMILES string of the molecule is CC(C)(C)OC(=O)N1CCC(c2noc([C@@H]3CN(C(=O)OCC4c5ccccc5-c5ccccc54)C[C@H]3C(=O)O)n2)CC1. The van der Waals surface area contributed by atoms with Crippen LogP contribution < -0.4 is 0 Å². The second-order valence-electron chi connectivity index (χ2n) is 12.5. The molecule has 2 amide bonds. The van der Waals surface area contributed by atoms with Gasteiger partial charge in [0.25, 0.3) is 0 Å². The van der Waals surface area contributed by atoms with E-state index in [4.69, 9.17) is 14.0 Å². The molecule has 226 valence electrons. The van der Waals surface area contributed by atoms with Crippen LogP contribution in [-0.4, -0.2) is 81.6 Å². The Hall–Kier alpha value is -4.41. The summed E-state index contributed by atoms with van der Waals surface area (Å²) in [5, 5.41) is 14.1. The Morgan fingerprint density at radius 1 is 0.930 bits per heavy atom. The van der Waals surface area contributed by atoms with Gasteiger partial charge in [-0.2, -0.15) is 4.98 Å². The molecule has 2 aliphatic heterocycles. The van der Waals surface area contributed by atoms with E-state index in [2.05, 4.69) is 34.4 Å². The van der Waals surface area contributed by atoms with E-state index in [-0.39, 0.29) is 43.5 Å². The zero-order valence-corrected chi connectivity index (χ0v) is 24.6. The van der Waals surface area contributed by atoms with Crippen LogP contribution in [0.15, 0.2) is 53.1 Å². The number of likely N-dealkylation sites (tertiary alicyclic amines) is 2. The van der Waals surface area contributed by atoms with E-state index in [9.17, 15) is 19.5 Å². The van der Waals surface area contributed by atoms with Gasteiger partial charge < -0.3 is 28.9 Å². The van der Waals surface area contributed by atoms with Gasteiger partial charge in [-0.3, -0.25) is 4.79 Å². The zero-order chi connectivity index (χ0) is 30.3. The van der Waals surface area contributed by atoms with E-state index in [0.717, 1.165) is 22.3 Å². The maximum atomic E-state index is 13.2. The summed E-state index contributed by atoms with van der Waals surface area (Å²) in [6.45, 7) is 6.75. The van der Waals surface area contributed by atoms with Gasteiger partial charge in [-0.1, -0.05) is 53.7 Å². The van der Waals surface area contributed by atoms with Crippen molar-refractivity contribution >= 4 is 18.2 Å². The molecule has 2 saturated heterocycles. The number of carbonyl (C=O) groups is 3. The number of aliphatic carboxylic acids is 1. The number of benzene rings is 2. The van der Waals surface area contributed by atoms with Gasteiger partial charge in [-0.25, -0.2) is 9.59 Å². The largest absolute Gasteiger partial charge is 0.481 e. The molecule has 43 heavy (non-hydrogen) atoms. The molecule has 0 bridgehead atoms. The third-order valence-corrected chi connectivity index (χ3v) is 8.52. The average molecular weight is 589 g/mol. The molecule has 2 aromatic carbocycles. The number of carboxylic acid groups (broad SMARTS) is 1. The Morgan fingerprint density at radius 3 is 2.16 bits per heavy atom. The Labute approximate surface area is 249 Å². The third kappa shape index (κ3) is 5.80. The van der Waals surface area contributed by atoms with Gasteiger partial charge in [0, 0.05) is 38.0 Å². The van der Waals surface area contributed by atoms with Crippen molar-refractivity contribution < 1.29 is 33.5 Å². The molecule has 11 nitrogen and oxygen atoms in total. The Bertz CT molecular complexity index is 1480. The van der Waals surface area contributed by atoms with Crippen LogP contribution in [0.3, 0.4) is 0 Å². The summed E-state index contributed by atoms with van der Waals surface area (Å²) in [7, 11) is 0. The molecule has 1 aliphatic carbocycles. The lowest BCUT2D eigenvalue weighted by Crippen LogP contribution is -2.41. The van der Waals surface area contributed by atoms with Crippen LogP contribution in [0.5, 0.6) is 0 Å². The molecule has 0 spiro atoms. The molecule has 0 saturated carbocycles. The smallest absolute Gasteiger partial charge is 0.410 e. The molecule has 11 heteroatoms. The van der Waals surface area contributed by atoms with E-state index in [0.29, 0.717) is 31.8 Å². The second-order valence-corrected chi connectivity index (χ2v) is 12.5. The fourth-order valence-electron chi connectivity index (χ4n) is 6.35. The number of hydrogen-bond acceptors (Lipinski definition) is 8. The highest BCUT2D eigenvalue weighted by atomic mass is 16.6. The first-order valence-electron chi connectivity index (χ1n) is 14.7. The minimum absolute atomic E-state index is 0.0112. The van der Waals surface area contributed by atoms with E-state index in [1.165, 1.54) is 4.90 Å². The fraction of sp³-hybridized carbons (Fsp3) is 0.469. The highest BCUT2D eigenvalue weighted by molar-refractivity contribution is 5.79. The lowest BCUT2D eigenvalue weighted by Gasteiger charge is -2.32. The minimum Gasteiger partial charge on any atom is -0.481 e. The number of fused-ring (bicyclic) bond motifs is 3. The van der Waals surface area contributed by atoms with Crippen molar-refractivity contribution in [3.63, 3.8) is 0 Å². The van der Waals surface area contributed by atoms with Crippen LogP contribution in [0.4, 0.5) is 9.59 Å². The number of carboxylic acids is 1. The van der Waals surface area contributed by atoms with Crippen LogP contribution in [0.1, 0.15) is 74.2 Å². The number of aromatic nitrogens is 2. The van der Waals surface area contributed by atoms with Crippen molar-refractivity contribution in [2.75, 3.05) is 32.8 Å². The van der Waals surface area contributed by atoms with Crippen molar-refractivity contribution in [2.45, 2.75) is 57.0 Å². The number of rotatable bonds is 5. The Balaban J connectivity index is 1.09. The Morgan fingerprint density at radius 2 is 1.56 bits per heavy atom. The second kappa shape index (κ2) is 11.3. The third-order valence-electron chi connectivity index (χ3n) is 8.52. The normalized spacial score (nSPS) is 20.5. The molecular weight excluding hydrogens is 552 g/mol. The molecule has 0 radical (unpaired) electrons. The average Bonchev–Trinajstić information content (AvgIpc) is 3.72. The zero-order valence-electron chi connectivity index (χ0n) is 24.6. The summed E-state index contributed by atoms with van der Waals surface area (Å²) in [6, 6.07) is 16.2. The van der Waals surface area contributed by atoms with Gasteiger partial charge in [0.05, 0.1) is 11.8 Å². The quantitative estimate of drug-likeness (QED) is 0.425. The van der Waals surface area contributed by atoms with Crippen LogP contribution in [0, 0.1) is 5.92 Å². The molecule has 2 atom stereocenters. The van der Waals surface area contributed by atoms with E-state index >= 15 is 0 Å². The summed E-state index contributed by atoms with van der Waals surface area (Å²) in [5.41, 5.74) is 3.92. The predicted octanol–water partition coefficient (Wildman–Crippen LogP) is 5.23. The lowest BCUT2D eigenvalue weighted by atomic mass is 9.95. The number of hydrogen-bond donors (Lipinski definition) is 1. The van der Waals surface area contributed by atoms with Gasteiger partial charge in [0.1, 0.15) is 12.2 Å². The monoisotopic (exact) mass is 588 g/mol. The standard InChI is InChI=1S/C32H36N4O7/c1-32(2,3)42-31(40)35-14-12-19(13-15-35)27-33-28(43-34-27)24-16-36(17-25(24)29(37)38)30(39)41-18-26-22-10-6-4-8-20(22)21-9-5-7-11-23(21)26/h4-11,19,24-26H,12-18H2,1-3H3,(H,37,38)/t24-,25-/m1/s1. The van der Waals surface area contributed by atoms with Crippen LogP contribution in [0.2, 0.25) is 0 Å². The summed E-state index contributed by atoms with van der Waals surface area (Å²) >= 11 is 0. The van der Waals surface area contributed by atoms with Gasteiger partial charge in [0.2, 0.25) is 5.89 Å². The number of piperidine rings is 1. The van der Waals surface area contributed by atoms with Gasteiger partial charge in [-0.15, -0.1) is 0 Å². The maximum Gasteiger partial charge on any atom is 0.410 e. The number of nitrogens with zero attached hydrogens (tertiary/aromatic N) is 4. The topological polar surface area (TPSA) is 135 Å². The van der Waals surface area contributed by atoms with E-state index in [1.807, 2.05) is 45.0 Å². The van der Waals surface area contributed by atoms with E-state index in [1.54, 1.807) is 4.90 Å². The summed E-state index contributed by atoms with van der Waals surface area (Å²) < 4.78 is 16.8. The van der Waals surface area contributed by atoms with Gasteiger partial charge >= 0.3 is 18.2 Å². The number of ether oxygens (including phenoxy) is 2. The molecule has 2 fully saturated rings. The first-order chi connectivity index (χ1) is 20.6. The van der Waals surface area contributed by atoms with Crippen molar-refractivity contribution in [3.05, 3.63) is 71.4 Å². The van der Waals surface area contributed by atoms with Crippen molar-refractivity contribution in [3.8, 4) is 11.1 Å². The summed E-state index contributed by atoms with van der Waals surface area (Å²) in [4.78, 5) is 45.5. The van der Waals surface area contributed by atoms with Crippen molar-refractivity contribution in [2.24, 2.45) is 5.92 Å². The summed E-state index contributed by atoms with van der Waals surface area (Å²) in [6.07, 6.45) is 0.363. The molecule has 3 aliphatic rings. The number of carbonyl (C=O) groups excluding carboxylic acids is 2. The van der Waals surface area contributed by atoms with Crippen LogP contribution in [-0.2, 0) is 14.3 Å².